The third-order valence-electron chi connectivity index (χ3n) is 3.56. The summed E-state index contributed by atoms with van der Waals surface area (Å²) in [5, 5.41) is 7.32. The number of hydrogen-bond donors (Lipinski definition) is 2. The minimum Gasteiger partial charge on any atom is -0.489 e. The molecule has 5 nitrogen and oxygen atoms in total. The van der Waals surface area contributed by atoms with Crippen molar-refractivity contribution in [3.63, 3.8) is 0 Å². The van der Waals surface area contributed by atoms with Gasteiger partial charge in [-0.15, -0.1) is 11.3 Å². The van der Waals surface area contributed by atoms with Crippen LogP contribution in [-0.2, 0) is 11.4 Å². The molecular weight excluding hydrogens is 367 g/mol. The fourth-order valence-electron chi connectivity index (χ4n) is 2.30. The molecule has 2 aromatic carbocycles. The van der Waals surface area contributed by atoms with Crippen LogP contribution < -0.4 is 15.4 Å². The molecule has 2 N–H and O–H groups in total. The highest BCUT2D eigenvalue weighted by Crippen LogP contribution is 2.20. The number of rotatable bonds is 6. The van der Waals surface area contributed by atoms with Gasteiger partial charge in [0.15, 0.2) is 0 Å². The summed E-state index contributed by atoms with van der Waals surface area (Å²) in [5.74, 6) is -0.129. The van der Waals surface area contributed by atoms with Crippen LogP contribution in [0.1, 0.15) is 22.2 Å². The minimum atomic E-state index is -0.318. The molecule has 0 saturated heterocycles. The van der Waals surface area contributed by atoms with Gasteiger partial charge in [-0.3, -0.25) is 9.59 Å². The van der Waals surface area contributed by atoms with Gasteiger partial charge in [0, 0.05) is 23.9 Å². The first-order valence-electron chi connectivity index (χ1n) is 8.14. The van der Waals surface area contributed by atoms with Gasteiger partial charge in [-0.25, -0.2) is 4.39 Å². The first-order valence-corrected chi connectivity index (χ1v) is 9.02. The van der Waals surface area contributed by atoms with E-state index in [2.05, 4.69) is 10.6 Å². The second-order valence-corrected chi connectivity index (χ2v) is 6.69. The number of ether oxygens (including phenoxy) is 1. The van der Waals surface area contributed by atoms with Crippen LogP contribution in [0, 0.1) is 5.82 Å². The van der Waals surface area contributed by atoms with Crippen molar-refractivity contribution in [1.82, 2.24) is 0 Å². The summed E-state index contributed by atoms with van der Waals surface area (Å²) in [4.78, 5) is 23.9. The molecule has 138 valence electrons. The van der Waals surface area contributed by atoms with Gasteiger partial charge in [-0.05, 0) is 60.0 Å². The zero-order valence-electron chi connectivity index (χ0n) is 14.5. The van der Waals surface area contributed by atoms with E-state index in [0.717, 1.165) is 5.56 Å². The lowest BCUT2D eigenvalue weighted by Crippen LogP contribution is -2.10. The SMILES string of the molecule is CC(=O)Nc1ccc(NC(=O)c2cc(COc3ccc(F)cc3)cs2)cc1. The van der Waals surface area contributed by atoms with Crippen LogP contribution in [0.25, 0.3) is 0 Å². The van der Waals surface area contributed by atoms with Crippen LogP contribution in [0.4, 0.5) is 15.8 Å². The number of halogens is 1. The normalized spacial score (nSPS) is 10.3. The molecule has 0 aliphatic heterocycles. The molecule has 0 saturated carbocycles. The maximum absolute atomic E-state index is 12.9. The Morgan fingerprint density at radius 1 is 1.00 bits per heavy atom. The van der Waals surface area contributed by atoms with E-state index in [0.29, 0.717) is 28.6 Å². The first-order chi connectivity index (χ1) is 13.0. The zero-order valence-corrected chi connectivity index (χ0v) is 15.3. The minimum absolute atomic E-state index is 0.152. The van der Waals surface area contributed by atoms with Gasteiger partial charge >= 0.3 is 0 Å². The molecule has 2 amide bonds. The number of carbonyl (C=O) groups is 2. The van der Waals surface area contributed by atoms with Crippen molar-refractivity contribution in [1.29, 1.82) is 0 Å². The molecule has 3 aromatic rings. The lowest BCUT2D eigenvalue weighted by Gasteiger charge is -2.06. The Bertz CT molecular complexity index is 937. The van der Waals surface area contributed by atoms with Crippen molar-refractivity contribution >= 4 is 34.5 Å². The van der Waals surface area contributed by atoms with Crippen LogP contribution in [0.2, 0.25) is 0 Å². The molecular formula is C20H17FN2O3S. The Kier molecular flexibility index (Phi) is 5.83. The van der Waals surface area contributed by atoms with Crippen molar-refractivity contribution in [2.75, 3.05) is 10.6 Å². The van der Waals surface area contributed by atoms with Crippen LogP contribution >= 0.6 is 11.3 Å². The third-order valence-corrected chi connectivity index (χ3v) is 4.54. The zero-order chi connectivity index (χ0) is 19.2. The molecule has 1 aromatic heterocycles. The van der Waals surface area contributed by atoms with E-state index < -0.39 is 0 Å². The molecule has 0 fully saturated rings. The van der Waals surface area contributed by atoms with Gasteiger partial charge in [-0.1, -0.05) is 0 Å². The molecule has 7 heteroatoms. The van der Waals surface area contributed by atoms with E-state index in [1.807, 2.05) is 5.38 Å². The lowest BCUT2D eigenvalue weighted by atomic mass is 10.2. The summed E-state index contributed by atoms with van der Waals surface area (Å²) in [5.41, 5.74) is 2.15. The van der Waals surface area contributed by atoms with Gasteiger partial charge in [0.2, 0.25) is 5.91 Å². The Morgan fingerprint density at radius 3 is 2.26 bits per heavy atom. The number of nitrogens with one attached hydrogen (secondary N) is 2. The second-order valence-electron chi connectivity index (χ2n) is 5.77. The highest BCUT2D eigenvalue weighted by Gasteiger charge is 2.10. The summed E-state index contributed by atoms with van der Waals surface area (Å²) in [7, 11) is 0. The van der Waals surface area contributed by atoms with Crippen molar-refractivity contribution < 1.29 is 18.7 Å². The predicted molar refractivity (Wildman–Crippen MR) is 104 cm³/mol. The summed E-state index contributed by atoms with van der Waals surface area (Å²) >= 11 is 1.32. The number of hydrogen-bond acceptors (Lipinski definition) is 4. The van der Waals surface area contributed by atoms with Crippen molar-refractivity contribution in [2.24, 2.45) is 0 Å². The Labute approximate surface area is 159 Å². The Hall–Kier alpha value is -3.19. The van der Waals surface area contributed by atoms with Gasteiger partial charge < -0.3 is 15.4 Å². The summed E-state index contributed by atoms with van der Waals surface area (Å²) in [6, 6.07) is 14.4. The number of thiophene rings is 1. The van der Waals surface area contributed by atoms with E-state index >= 15 is 0 Å². The van der Waals surface area contributed by atoms with Crippen LogP contribution in [0.15, 0.2) is 60.0 Å². The average Bonchev–Trinajstić information content (AvgIpc) is 3.12. The van der Waals surface area contributed by atoms with Crippen molar-refractivity contribution in [2.45, 2.75) is 13.5 Å². The average molecular weight is 384 g/mol. The standard InChI is InChI=1S/C20H17FN2O3S/c1-13(24)22-16-4-6-17(7-5-16)23-20(25)19-10-14(12-27-19)11-26-18-8-2-15(21)3-9-18/h2-10,12H,11H2,1H3,(H,22,24)(H,23,25). The van der Waals surface area contributed by atoms with Gasteiger partial charge in [0.25, 0.3) is 5.91 Å². The van der Waals surface area contributed by atoms with Crippen LogP contribution in [0.3, 0.4) is 0 Å². The molecule has 0 atom stereocenters. The summed E-state index contributed by atoms with van der Waals surface area (Å²) < 4.78 is 18.5. The second kappa shape index (κ2) is 8.46. The monoisotopic (exact) mass is 384 g/mol. The lowest BCUT2D eigenvalue weighted by molar-refractivity contribution is -0.114. The molecule has 0 bridgehead atoms. The van der Waals surface area contributed by atoms with E-state index in [1.165, 1.54) is 30.4 Å². The molecule has 1 heterocycles. The van der Waals surface area contributed by atoms with Gasteiger partial charge in [-0.2, -0.15) is 0 Å². The van der Waals surface area contributed by atoms with E-state index in [4.69, 9.17) is 4.74 Å². The summed E-state index contributed by atoms with van der Waals surface area (Å²) in [6.07, 6.45) is 0. The molecule has 0 spiro atoms. The molecule has 0 aliphatic carbocycles. The molecule has 0 radical (unpaired) electrons. The topological polar surface area (TPSA) is 67.4 Å². The fraction of sp³-hybridized carbons (Fsp3) is 0.100. The first kappa shape index (κ1) is 18.6. The van der Waals surface area contributed by atoms with Crippen molar-refractivity contribution in [3.8, 4) is 5.75 Å². The van der Waals surface area contributed by atoms with Crippen molar-refractivity contribution in [3.05, 3.63) is 76.2 Å². The molecule has 0 unspecified atom stereocenters. The van der Waals surface area contributed by atoms with Crippen LogP contribution in [-0.4, -0.2) is 11.8 Å². The molecule has 27 heavy (non-hydrogen) atoms. The smallest absolute Gasteiger partial charge is 0.265 e. The fourth-order valence-corrected chi connectivity index (χ4v) is 3.09. The van der Waals surface area contributed by atoms with Gasteiger partial charge in [0.05, 0.1) is 4.88 Å². The number of anilines is 2. The van der Waals surface area contributed by atoms with E-state index in [1.54, 1.807) is 42.5 Å². The predicted octanol–water partition coefficient (Wildman–Crippen LogP) is 4.68. The van der Waals surface area contributed by atoms with Gasteiger partial charge in [0.1, 0.15) is 18.2 Å². The summed E-state index contributed by atoms with van der Waals surface area (Å²) in [6.45, 7) is 1.73. The highest BCUT2D eigenvalue weighted by atomic mass is 32.1. The number of carbonyl (C=O) groups excluding carboxylic acids is 2. The maximum Gasteiger partial charge on any atom is 0.265 e. The molecule has 3 rings (SSSR count). The highest BCUT2D eigenvalue weighted by molar-refractivity contribution is 7.12. The Balaban J connectivity index is 1.56. The van der Waals surface area contributed by atoms with E-state index in [-0.39, 0.29) is 17.6 Å². The number of benzene rings is 2. The molecule has 0 aliphatic rings. The van der Waals surface area contributed by atoms with E-state index in [9.17, 15) is 14.0 Å². The maximum atomic E-state index is 12.9. The largest absolute Gasteiger partial charge is 0.489 e. The van der Waals surface area contributed by atoms with Crippen LogP contribution in [0.5, 0.6) is 5.75 Å². The number of amides is 2. The third kappa shape index (κ3) is 5.39. The quantitative estimate of drug-likeness (QED) is 0.649. The Morgan fingerprint density at radius 2 is 1.63 bits per heavy atom.